The van der Waals surface area contributed by atoms with Crippen molar-refractivity contribution in [3.63, 3.8) is 0 Å². The Morgan fingerprint density at radius 3 is 2.91 bits per heavy atom. The first-order chi connectivity index (χ1) is 11.1. The van der Waals surface area contributed by atoms with Crippen molar-refractivity contribution >= 4 is 11.7 Å². The summed E-state index contributed by atoms with van der Waals surface area (Å²) in [7, 11) is 0. The minimum Gasteiger partial charge on any atom is -0.382 e. The number of aromatic nitrogens is 2. The monoisotopic (exact) mass is 316 g/mol. The number of ether oxygens (including phenoxy) is 1. The molecule has 1 atom stereocenters. The Kier molecular flexibility index (Phi) is 4.47. The predicted octanol–water partition coefficient (Wildman–Crippen LogP) is 1.34. The van der Waals surface area contributed by atoms with Crippen LogP contribution in [-0.2, 0) is 16.0 Å². The van der Waals surface area contributed by atoms with Crippen LogP contribution >= 0.6 is 0 Å². The van der Waals surface area contributed by atoms with Crippen molar-refractivity contribution in [1.29, 1.82) is 0 Å². The van der Waals surface area contributed by atoms with E-state index in [0.717, 1.165) is 0 Å². The van der Waals surface area contributed by atoms with Gasteiger partial charge in [0.2, 0.25) is 5.91 Å². The van der Waals surface area contributed by atoms with Gasteiger partial charge in [-0.2, -0.15) is 0 Å². The van der Waals surface area contributed by atoms with Crippen LogP contribution in [0.5, 0.6) is 0 Å². The summed E-state index contributed by atoms with van der Waals surface area (Å²) < 4.78 is 19.3. The van der Waals surface area contributed by atoms with E-state index in [1.807, 2.05) is 0 Å². The van der Waals surface area contributed by atoms with Crippen molar-refractivity contribution in [2.75, 3.05) is 25.4 Å². The van der Waals surface area contributed by atoms with E-state index in [1.54, 1.807) is 23.1 Å². The zero-order chi connectivity index (χ0) is 16.2. The number of nitrogen functional groups attached to an aromatic ring is 1. The summed E-state index contributed by atoms with van der Waals surface area (Å²) in [5, 5.41) is 0. The van der Waals surface area contributed by atoms with Gasteiger partial charge < -0.3 is 15.4 Å². The van der Waals surface area contributed by atoms with Gasteiger partial charge in [-0.3, -0.25) is 9.78 Å². The minimum atomic E-state index is -0.415. The van der Waals surface area contributed by atoms with E-state index in [0.29, 0.717) is 36.8 Å². The minimum absolute atomic E-state index is 0.0232. The van der Waals surface area contributed by atoms with Crippen LogP contribution in [0, 0.1) is 5.82 Å². The molecule has 2 aromatic rings. The summed E-state index contributed by atoms with van der Waals surface area (Å²) in [6.07, 6.45) is 2.65. The van der Waals surface area contributed by atoms with Gasteiger partial charge in [0.05, 0.1) is 19.6 Å². The number of nitrogens with two attached hydrogens (primary N) is 1. The van der Waals surface area contributed by atoms with E-state index < -0.39 is 6.10 Å². The Bertz CT molecular complexity index is 710. The van der Waals surface area contributed by atoms with Gasteiger partial charge >= 0.3 is 0 Å². The number of hydrogen-bond donors (Lipinski definition) is 1. The Morgan fingerprint density at radius 1 is 1.35 bits per heavy atom. The highest BCUT2D eigenvalue weighted by Gasteiger charge is 2.28. The van der Waals surface area contributed by atoms with Gasteiger partial charge in [-0.15, -0.1) is 0 Å². The number of halogens is 1. The fourth-order valence-corrected chi connectivity index (χ4v) is 2.57. The summed E-state index contributed by atoms with van der Waals surface area (Å²) >= 11 is 0. The topological polar surface area (TPSA) is 81.3 Å². The highest BCUT2D eigenvalue weighted by Crippen LogP contribution is 2.24. The zero-order valence-electron chi connectivity index (χ0n) is 12.5. The lowest BCUT2D eigenvalue weighted by molar-refractivity contribution is -0.138. The number of morpholine rings is 1. The van der Waals surface area contributed by atoms with Gasteiger partial charge in [-0.1, -0.05) is 18.2 Å². The van der Waals surface area contributed by atoms with Crippen molar-refractivity contribution in [2.24, 2.45) is 0 Å². The molecule has 1 aromatic heterocycles. The lowest BCUT2D eigenvalue weighted by Crippen LogP contribution is -2.43. The maximum absolute atomic E-state index is 13.7. The number of nitrogens with zero attached hydrogens (tertiary/aromatic N) is 3. The maximum Gasteiger partial charge on any atom is 0.227 e. The number of carbonyl (C=O) groups is 1. The molecule has 3 rings (SSSR count). The maximum atomic E-state index is 13.7. The van der Waals surface area contributed by atoms with Gasteiger partial charge in [0, 0.05) is 18.9 Å². The Hall–Kier alpha value is -2.54. The Morgan fingerprint density at radius 2 is 2.13 bits per heavy atom. The summed E-state index contributed by atoms with van der Waals surface area (Å²) in [6, 6.07) is 6.29. The molecule has 1 amide bonds. The van der Waals surface area contributed by atoms with E-state index in [-0.39, 0.29) is 18.1 Å². The SMILES string of the molecule is Nc1nccnc1[C@H]1CN(C(=O)Cc2ccccc2F)CCO1. The van der Waals surface area contributed by atoms with Crippen LogP contribution in [0.2, 0.25) is 0 Å². The molecule has 1 saturated heterocycles. The Labute approximate surface area is 133 Å². The third-order valence-corrected chi connectivity index (χ3v) is 3.78. The molecule has 1 aliphatic rings. The van der Waals surface area contributed by atoms with Crippen LogP contribution in [0.15, 0.2) is 36.7 Å². The van der Waals surface area contributed by atoms with Crippen LogP contribution in [0.1, 0.15) is 17.4 Å². The third kappa shape index (κ3) is 3.45. The van der Waals surface area contributed by atoms with E-state index in [4.69, 9.17) is 10.5 Å². The molecule has 6 nitrogen and oxygen atoms in total. The quantitative estimate of drug-likeness (QED) is 0.924. The smallest absolute Gasteiger partial charge is 0.227 e. The second-order valence-corrected chi connectivity index (χ2v) is 5.29. The summed E-state index contributed by atoms with van der Waals surface area (Å²) in [5.41, 5.74) is 6.72. The van der Waals surface area contributed by atoms with Crippen molar-refractivity contribution in [3.8, 4) is 0 Å². The predicted molar refractivity (Wildman–Crippen MR) is 81.8 cm³/mol. The summed E-state index contributed by atoms with van der Waals surface area (Å²) in [4.78, 5) is 22.2. The molecule has 1 aliphatic heterocycles. The molecule has 0 aliphatic carbocycles. The third-order valence-electron chi connectivity index (χ3n) is 3.78. The first kappa shape index (κ1) is 15.4. The fraction of sp³-hybridized carbons (Fsp3) is 0.312. The molecule has 0 saturated carbocycles. The van der Waals surface area contributed by atoms with Crippen LogP contribution in [0.25, 0.3) is 0 Å². The molecule has 23 heavy (non-hydrogen) atoms. The lowest BCUT2D eigenvalue weighted by Gasteiger charge is -2.33. The van der Waals surface area contributed by atoms with Crippen molar-refractivity contribution in [2.45, 2.75) is 12.5 Å². The molecule has 0 spiro atoms. The van der Waals surface area contributed by atoms with Gasteiger partial charge in [0.25, 0.3) is 0 Å². The highest BCUT2D eigenvalue weighted by atomic mass is 19.1. The fourth-order valence-electron chi connectivity index (χ4n) is 2.57. The molecule has 0 unspecified atom stereocenters. The second kappa shape index (κ2) is 6.70. The highest BCUT2D eigenvalue weighted by molar-refractivity contribution is 5.79. The lowest BCUT2D eigenvalue weighted by atomic mass is 10.1. The molecule has 1 aromatic carbocycles. The van der Waals surface area contributed by atoms with Crippen LogP contribution in [0.3, 0.4) is 0 Å². The normalized spacial score (nSPS) is 18.0. The largest absolute Gasteiger partial charge is 0.382 e. The second-order valence-electron chi connectivity index (χ2n) is 5.29. The number of anilines is 1. The van der Waals surface area contributed by atoms with Gasteiger partial charge in [0.15, 0.2) is 0 Å². The van der Waals surface area contributed by atoms with Gasteiger partial charge in [-0.25, -0.2) is 9.37 Å². The van der Waals surface area contributed by atoms with E-state index in [1.165, 1.54) is 18.5 Å². The Balaban J connectivity index is 1.70. The van der Waals surface area contributed by atoms with Crippen LogP contribution in [0.4, 0.5) is 10.2 Å². The number of carbonyl (C=O) groups excluding carboxylic acids is 1. The average Bonchev–Trinajstić information content (AvgIpc) is 2.57. The molecular formula is C16H17FN4O2. The van der Waals surface area contributed by atoms with E-state index in [2.05, 4.69) is 9.97 Å². The number of amides is 1. The summed E-state index contributed by atoms with van der Waals surface area (Å²) in [6.45, 7) is 1.17. The number of rotatable bonds is 3. The standard InChI is InChI=1S/C16H17FN4O2/c17-12-4-2-1-3-11(12)9-14(22)21-7-8-23-13(10-21)15-16(18)20-6-5-19-15/h1-6,13H,7-10H2,(H2,18,20)/t13-/m1/s1. The molecule has 7 heteroatoms. The van der Waals surface area contributed by atoms with E-state index >= 15 is 0 Å². The molecule has 2 heterocycles. The van der Waals surface area contributed by atoms with Crippen molar-refractivity contribution in [3.05, 3.63) is 53.7 Å². The van der Waals surface area contributed by atoms with Crippen LogP contribution in [-0.4, -0.2) is 40.5 Å². The molecule has 1 fully saturated rings. The number of hydrogen-bond acceptors (Lipinski definition) is 5. The molecule has 120 valence electrons. The van der Waals surface area contributed by atoms with E-state index in [9.17, 15) is 9.18 Å². The average molecular weight is 316 g/mol. The first-order valence-electron chi connectivity index (χ1n) is 7.34. The van der Waals surface area contributed by atoms with Crippen molar-refractivity contribution < 1.29 is 13.9 Å². The molecule has 2 N–H and O–H groups in total. The molecular weight excluding hydrogens is 299 g/mol. The molecule has 0 bridgehead atoms. The van der Waals surface area contributed by atoms with Crippen molar-refractivity contribution in [1.82, 2.24) is 14.9 Å². The zero-order valence-corrected chi connectivity index (χ0v) is 12.5. The summed E-state index contributed by atoms with van der Waals surface area (Å²) in [5.74, 6) is -0.226. The number of benzene rings is 1. The van der Waals surface area contributed by atoms with Gasteiger partial charge in [-0.05, 0) is 11.6 Å². The molecule has 0 radical (unpaired) electrons. The van der Waals surface area contributed by atoms with Gasteiger partial charge in [0.1, 0.15) is 23.4 Å². The van der Waals surface area contributed by atoms with Crippen LogP contribution < -0.4 is 5.73 Å². The first-order valence-corrected chi connectivity index (χ1v) is 7.34.